The van der Waals surface area contributed by atoms with E-state index in [4.69, 9.17) is 4.74 Å². The van der Waals surface area contributed by atoms with Gasteiger partial charge in [-0.1, -0.05) is 34.1 Å². The standard InChI is InChI=1S/C20H24O6/c1-8(2)9-12(21)10-11(15(24)13(9)22)20-7-5-6-19(3,4)17(20)16(14(10)23)26-18(20)25/h8,14,16-17,21,23H,5-7H2,1-4H3. The van der Waals surface area contributed by atoms with Crippen molar-refractivity contribution in [2.45, 2.75) is 59.2 Å². The molecule has 0 amide bonds. The van der Waals surface area contributed by atoms with Crippen LogP contribution in [0.4, 0.5) is 0 Å². The molecule has 4 atom stereocenters. The van der Waals surface area contributed by atoms with Gasteiger partial charge in [-0.15, -0.1) is 0 Å². The molecule has 6 nitrogen and oxygen atoms in total. The number of esters is 1. The van der Waals surface area contributed by atoms with Gasteiger partial charge in [0.2, 0.25) is 11.6 Å². The van der Waals surface area contributed by atoms with Crippen molar-refractivity contribution >= 4 is 17.5 Å². The summed E-state index contributed by atoms with van der Waals surface area (Å²) >= 11 is 0. The van der Waals surface area contributed by atoms with E-state index in [2.05, 4.69) is 0 Å². The molecule has 0 radical (unpaired) electrons. The maximum absolute atomic E-state index is 13.1. The highest BCUT2D eigenvalue weighted by Gasteiger charge is 2.72. The number of ether oxygens (including phenoxy) is 1. The molecule has 2 N–H and O–H groups in total. The molecule has 4 unspecified atom stereocenters. The van der Waals surface area contributed by atoms with E-state index >= 15 is 0 Å². The van der Waals surface area contributed by atoms with E-state index in [1.807, 2.05) is 13.8 Å². The molecule has 4 rings (SSSR count). The fourth-order valence-electron chi connectivity index (χ4n) is 5.84. The summed E-state index contributed by atoms with van der Waals surface area (Å²) in [4.78, 5) is 38.8. The van der Waals surface area contributed by atoms with Gasteiger partial charge >= 0.3 is 5.97 Å². The van der Waals surface area contributed by atoms with Crippen molar-refractivity contribution in [3.05, 3.63) is 22.5 Å². The summed E-state index contributed by atoms with van der Waals surface area (Å²) in [6.45, 7) is 7.42. The lowest BCUT2D eigenvalue weighted by atomic mass is 9.48. The zero-order chi connectivity index (χ0) is 19.2. The molecule has 0 aromatic rings. The summed E-state index contributed by atoms with van der Waals surface area (Å²) in [5.74, 6) is -3.23. The predicted molar refractivity (Wildman–Crippen MR) is 91.0 cm³/mol. The van der Waals surface area contributed by atoms with Crippen LogP contribution in [0.1, 0.15) is 47.0 Å². The van der Waals surface area contributed by atoms with E-state index in [1.165, 1.54) is 0 Å². The average molecular weight is 360 g/mol. The Morgan fingerprint density at radius 3 is 2.38 bits per heavy atom. The van der Waals surface area contributed by atoms with Crippen LogP contribution in [0.15, 0.2) is 22.5 Å². The van der Waals surface area contributed by atoms with Crippen LogP contribution >= 0.6 is 0 Å². The van der Waals surface area contributed by atoms with Crippen LogP contribution in [-0.2, 0) is 19.1 Å². The van der Waals surface area contributed by atoms with Gasteiger partial charge in [-0.3, -0.25) is 14.4 Å². The van der Waals surface area contributed by atoms with Crippen molar-refractivity contribution in [1.29, 1.82) is 0 Å². The number of Topliss-reactive ketones (excluding diaryl/α,β-unsaturated/α-hetero) is 2. The van der Waals surface area contributed by atoms with Gasteiger partial charge in [0.1, 0.15) is 23.4 Å². The highest BCUT2D eigenvalue weighted by atomic mass is 16.6. The summed E-state index contributed by atoms with van der Waals surface area (Å²) in [5, 5.41) is 21.7. The van der Waals surface area contributed by atoms with Crippen LogP contribution in [0.5, 0.6) is 0 Å². The summed E-state index contributed by atoms with van der Waals surface area (Å²) in [7, 11) is 0. The number of carbonyl (C=O) groups excluding carboxylic acids is 3. The van der Waals surface area contributed by atoms with E-state index in [0.717, 1.165) is 6.42 Å². The minimum Gasteiger partial charge on any atom is -0.507 e. The minimum absolute atomic E-state index is 0.00423. The van der Waals surface area contributed by atoms with E-state index in [9.17, 15) is 24.6 Å². The van der Waals surface area contributed by atoms with Crippen LogP contribution in [0.25, 0.3) is 0 Å². The molecule has 1 aliphatic heterocycles. The molecule has 1 heterocycles. The lowest BCUT2D eigenvalue weighted by Gasteiger charge is -2.52. The monoisotopic (exact) mass is 360 g/mol. The van der Waals surface area contributed by atoms with Crippen molar-refractivity contribution in [3.63, 3.8) is 0 Å². The smallest absolute Gasteiger partial charge is 0.317 e. The summed E-state index contributed by atoms with van der Waals surface area (Å²) in [5.41, 5.74) is -1.57. The first kappa shape index (κ1) is 17.5. The number of carbonyl (C=O) groups is 3. The minimum atomic E-state index is -1.31. The Morgan fingerprint density at radius 1 is 1.12 bits per heavy atom. The third-order valence-electron chi connectivity index (χ3n) is 6.79. The van der Waals surface area contributed by atoms with E-state index in [1.54, 1.807) is 13.8 Å². The van der Waals surface area contributed by atoms with Gasteiger partial charge in [0.25, 0.3) is 0 Å². The summed E-state index contributed by atoms with van der Waals surface area (Å²) in [6.07, 6.45) is -0.180. The largest absolute Gasteiger partial charge is 0.507 e. The van der Waals surface area contributed by atoms with Gasteiger partial charge in [0.05, 0.1) is 0 Å². The maximum atomic E-state index is 13.1. The topological polar surface area (TPSA) is 101 Å². The van der Waals surface area contributed by atoms with Gasteiger partial charge in [-0.25, -0.2) is 0 Å². The molecule has 1 saturated carbocycles. The van der Waals surface area contributed by atoms with E-state index < -0.39 is 41.1 Å². The third kappa shape index (κ3) is 1.78. The molecule has 26 heavy (non-hydrogen) atoms. The second-order valence-electron chi connectivity index (χ2n) is 8.97. The first-order chi connectivity index (χ1) is 12.1. The van der Waals surface area contributed by atoms with Crippen molar-refractivity contribution < 1.29 is 29.3 Å². The van der Waals surface area contributed by atoms with Crippen LogP contribution in [0.2, 0.25) is 0 Å². The van der Waals surface area contributed by atoms with Crippen molar-refractivity contribution in [3.8, 4) is 0 Å². The zero-order valence-corrected chi connectivity index (χ0v) is 15.5. The lowest BCUT2D eigenvalue weighted by molar-refractivity contribution is -0.149. The third-order valence-corrected chi connectivity index (χ3v) is 6.79. The fraction of sp³-hybridized carbons (Fsp3) is 0.650. The Hall–Kier alpha value is -1.95. The van der Waals surface area contributed by atoms with Gasteiger partial charge < -0.3 is 14.9 Å². The molecule has 0 aromatic carbocycles. The first-order valence-electron chi connectivity index (χ1n) is 9.22. The van der Waals surface area contributed by atoms with Crippen molar-refractivity contribution in [2.75, 3.05) is 0 Å². The number of aliphatic hydroxyl groups excluding tert-OH is 2. The molecule has 6 heteroatoms. The van der Waals surface area contributed by atoms with Crippen LogP contribution in [0.3, 0.4) is 0 Å². The van der Waals surface area contributed by atoms with E-state index in [-0.39, 0.29) is 33.8 Å². The van der Waals surface area contributed by atoms with Crippen LogP contribution in [0, 0.1) is 22.7 Å². The SMILES string of the molecule is CC(C)C1=C(O)C2=C(C(=O)C1=O)C13CCCC(C)(C)C1C(OC3=O)C2O. The number of aliphatic hydroxyl groups is 2. The lowest BCUT2D eigenvalue weighted by Crippen LogP contribution is -2.57. The van der Waals surface area contributed by atoms with E-state index in [0.29, 0.717) is 12.8 Å². The highest BCUT2D eigenvalue weighted by Crippen LogP contribution is 2.65. The Bertz CT molecular complexity index is 814. The summed E-state index contributed by atoms with van der Waals surface area (Å²) in [6, 6.07) is 0. The molecule has 4 aliphatic rings. The van der Waals surface area contributed by atoms with Gasteiger partial charge in [0, 0.05) is 22.6 Å². The molecule has 140 valence electrons. The fourth-order valence-corrected chi connectivity index (χ4v) is 5.84. The molecule has 0 aromatic heterocycles. The predicted octanol–water partition coefficient (Wildman–Crippen LogP) is 2.02. The van der Waals surface area contributed by atoms with Crippen molar-refractivity contribution in [1.82, 2.24) is 0 Å². The maximum Gasteiger partial charge on any atom is 0.317 e. The molecule has 0 spiro atoms. The van der Waals surface area contributed by atoms with Gasteiger partial charge in [-0.2, -0.15) is 0 Å². The molecule has 2 bridgehead atoms. The molecule has 1 saturated heterocycles. The number of hydrogen-bond donors (Lipinski definition) is 2. The average Bonchev–Trinajstić information content (AvgIpc) is 2.80. The quantitative estimate of drug-likeness (QED) is 0.421. The molecular weight excluding hydrogens is 336 g/mol. The second-order valence-corrected chi connectivity index (χ2v) is 8.97. The van der Waals surface area contributed by atoms with Crippen molar-refractivity contribution in [2.24, 2.45) is 22.7 Å². The number of allylic oxidation sites excluding steroid dienone is 1. The van der Waals surface area contributed by atoms with Gasteiger partial charge in [-0.05, 0) is 24.2 Å². The van der Waals surface area contributed by atoms with Crippen LogP contribution in [-0.4, -0.2) is 40.0 Å². The molecule has 3 aliphatic carbocycles. The van der Waals surface area contributed by atoms with Crippen LogP contribution < -0.4 is 0 Å². The molecular formula is C20H24O6. The summed E-state index contributed by atoms with van der Waals surface area (Å²) < 4.78 is 5.56. The first-order valence-corrected chi connectivity index (χ1v) is 9.22. The highest BCUT2D eigenvalue weighted by molar-refractivity contribution is 6.51. The number of rotatable bonds is 1. The Balaban J connectivity index is 2.06. The Labute approximate surface area is 151 Å². The number of ketones is 2. The van der Waals surface area contributed by atoms with Gasteiger partial charge in [0.15, 0.2) is 0 Å². The Morgan fingerprint density at radius 2 is 1.77 bits per heavy atom. The number of hydrogen-bond acceptors (Lipinski definition) is 6. The molecule has 2 fully saturated rings. The normalized spacial score (nSPS) is 38.5. The Kier molecular flexibility index (Phi) is 3.40. The zero-order valence-electron chi connectivity index (χ0n) is 15.5. The second kappa shape index (κ2) is 5.06.